The minimum atomic E-state index is -0.121. The standard InChI is InChI=1S/C60H39N3O2/c1-60(2)50-22-8-6-17-44(50)46-20-11-19-43(56(46)60)41-16-10-15-39(33-41)40-29-31-53-49(34-40)55-47(21-12-24-54(55)65-53)59-62-57(38-27-25-37(26-28-38)36-13-4-3-5-14-36)61-58(63-59)42-30-32-52-48(35-42)45-18-7-9-23-51(45)64-52/h3-35H,1-2H3. The van der Waals surface area contributed by atoms with E-state index in [2.05, 4.69) is 166 Å². The predicted molar refractivity (Wildman–Crippen MR) is 265 cm³/mol. The van der Waals surface area contributed by atoms with Gasteiger partial charge in [0.1, 0.15) is 22.3 Å². The van der Waals surface area contributed by atoms with Crippen molar-refractivity contribution in [3.8, 4) is 78.7 Å². The van der Waals surface area contributed by atoms with Gasteiger partial charge in [0, 0.05) is 43.7 Å². The van der Waals surface area contributed by atoms with Gasteiger partial charge in [-0.25, -0.2) is 15.0 Å². The van der Waals surface area contributed by atoms with Crippen LogP contribution < -0.4 is 0 Å². The highest BCUT2D eigenvalue weighted by molar-refractivity contribution is 6.13. The fourth-order valence-electron chi connectivity index (χ4n) is 10.2. The third kappa shape index (κ3) is 5.97. The number of aromatic nitrogens is 3. The molecule has 0 N–H and O–H groups in total. The normalized spacial score (nSPS) is 12.9. The number of hydrogen-bond acceptors (Lipinski definition) is 5. The zero-order valence-electron chi connectivity index (χ0n) is 35.7. The van der Waals surface area contributed by atoms with Crippen LogP contribution >= 0.6 is 0 Å². The van der Waals surface area contributed by atoms with Crippen LogP contribution in [-0.2, 0) is 5.41 Å². The van der Waals surface area contributed by atoms with Gasteiger partial charge in [0.05, 0.1) is 0 Å². The zero-order valence-corrected chi connectivity index (χ0v) is 35.7. The first kappa shape index (κ1) is 37.2. The molecule has 0 spiro atoms. The summed E-state index contributed by atoms with van der Waals surface area (Å²) in [6.07, 6.45) is 0. The van der Waals surface area contributed by atoms with E-state index >= 15 is 0 Å². The van der Waals surface area contributed by atoms with Gasteiger partial charge in [-0.3, -0.25) is 0 Å². The van der Waals surface area contributed by atoms with Crippen molar-refractivity contribution in [1.82, 2.24) is 15.0 Å². The van der Waals surface area contributed by atoms with Crippen LogP contribution in [0.5, 0.6) is 0 Å². The molecule has 0 bridgehead atoms. The van der Waals surface area contributed by atoms with E-state index in [-0.39, 0.29) is 5.41 Å². The Kier molecular flexibility index (Phi) is 8.18. The van der Waals surface area contributed by atoms with Crippen molar-refractivity contribution in [3.63, 3.8) is 0 Å². The average molecular weight is 834 g/mol. The van der Waals surface area contributed by atoms with Crippen LogP contribution in [0.25, 0.3) is 123 Å². The first-order chi connectivity index (χ1) is 31.9. The van der Waals surface area contributed by atoms with E-state index in [1.165, 1.54) is 33.4 Å². The van der Waals surface area contributed by atoms with Gasteiger partial charge in [-0.2, -0.15) is 0 Å². The molecule has 306 valence electrons. The molecule has 3 heterocycles. The Bertz CT molecular complexity index is 3860. The monoisotopic (exact) mass is 833 g/mol. The molecular weight excluding hydrogens is 795 g/mol. The van der Waals surface area contributed by atoms with Crippen LogP contribution in [0.1, 0.15) is 25.0 Å². The van der Waals surface area contributed by atoms with Gasteiger partial charge in [0.25, 0.3) is 0 Å². The second kappa shape index (κ2) is 14.3. The van der Waals surface area contributed by atoms with Crippen molar-refractivity contribution in [1.29, 1.82) is 0 Å². The minimum Gasteiger partial charge on any atom is -0.456 e. The van der Waals surface area contributed by atoms with E-state index in [4.69, 9.17) is 23.8 Å². The third-order valence-corrected chi connectivity index (χ3v) is 13.3. The lowest BCUT2D eigenvalue weighted by molar-refractivity contribution is 0.662. The van der Waals surface area contributed by atoms with E-state index < -0.39 is 0 Å². The van der Waals surface area contributed by atoms with Crippen molar-refractivity contribution in [2.75, 3.05) is 0 Å². The minimum absolute atomic E-state index is 0.121. The molecule has 12 aromatic rings. The van der Waals surface area contributed by atoms with Crippen LogP contribution in [0, 0.1) is 0 Å². The number of rotatable bonds is 6. The van der Waals surface area contributed by atoms with Gasteiger partial charge in [0.2, 0.25) is 0 Å². The molecule has 1 aliphatic rings. The second-order valence-electron chi connectivity index (χ2n) is 17.5. The smallest absolute Gasteiger partial charge is 0.164 e. The molecule has 5 heteroatoms. The summed E-state index contributed by atoms with van der Waals surface area (Å²) in [5.74, 6) is 1.73. The lowest BCUT2D eigenvalue weighted by Crippen LogP contribution is -2.16. The van der Waals surface area contributed by atoms with Gasteiger partial charge in [-0.15, -0.1) is 0 Å². The Morgan fingerprint density at radius 3 is 1.72 bits per heavy atom. The summed E-state index contributed by atoms with van der Waals surface area (Å²) < 4.78 is 12.8. The molecule has 65 heavy (non-hydrogen) atoms. The van der Waals surface area contributed by atoms with Gasteiger partial charge in [-0.1, -0.05) is 166 Å². The lowest BCUT2D eigenvalue weighted by Gasteiger charge is -2.24. The highest BCUT2D eigenvalue weighted by atomic mass is 16.3. The molecule has 0 atom stereocenters. The summed E-state index contributed by atoms with van der Waals surface area (Å²) in [4.78, 5) is 15.7. The molecule has 3 aromatic heterocycles. The summed E-state index contributed by atoms with van der Waals surface area (Å²) in [6, 6.07) is 70.3. The maximum absolute atomic E-state index is 6.59. The summed E-state index contributed by atoms with van der Waals surface area (Å²) in [5, 5.41) is 4.02. The second-order valence-corrected chi connectivity index (χ2v) is 17.5. The van der Waals surface area contributed by atoms with Crippen LogP contribution in [0.3, 0.4) is 0 Å². The number of hydrogen-bond donors (Lipinski definition) is 0. The molecule has 0 amide bonds. The Balaban J connectivity index is 0.956. The topological polar surface area (TPSA) is 65.0 Å². The summed E-state index contributed by atoms with van der Waals surface area (Å²) >= 11 is 0. The molecule has 13 rings (SSSR count). The van der Waals surface area contributed by atoms with E-state index in [9.17, 15) is 0 Å². The zero-order chi connectivity index (χ0) is 43.2. The number of furan rings is 2. The molecule has 0 fully saturated rings. The van der Waals surface area contributed by atoms with Crippen molar-refractivity contribution in [3.05, 3.63) is 211 Å². The third-order valence-electron chi connectivity index (χ3n) is 13.3. The van der Waals surface area contributed by atoms with Crippen LogP contribution in [-0.4, -0.2) is 15.0 Å². The van der Waals surface area contributed by atoms with Crippen molar-refractivity contribution in [2.45, 2.75) is 19.3 Å². The Morgan fingerprint density at radius 2 is 0.846 bits per heavy atom. The van der Waals surface area contributed by atoms with Gasteiger partial charge in [-0.05, 0) is 104 Å². The first-order valence-corrected chi connectivity index (χ1v) is 22.1. The number of benzene rings is 9. The fraction of sp³-hybridized carbons (Fsp3) is 0.0500. The molecule has 0 saturated heterocycles. The Morgan fingerprint density at radius 1 is 0.323 bits per heavy atom. The number of fused-ring (bicyclic) bond motifs is 9. The molecule has 5 nitrogen and oxygen atoms in total. The molecule has 0 unspecified atom stereocenters. The van der Waals surface area contributed by atoms with Gasteiger partial charge in [0.15, 0.2) is 17.5 Å². The Hall–Kier alpha value is -8.41. The largest absolute Gasteiger partial charge is 0.456 e. The molecule has 0 aliphatic heterocycles. The van der Waals surface area contributed by atoms with Crippen LogP contribution in [0.2, 0.25) is 0 Å². The highest BCUT2D eigenvalue weighted by Crippen LogP contribution is 2.52. The maximum Gasteiger partial charge on any atom is 0.164 e. The average Bonchev–Trinajstić information content (AvgIpc) is 4.01. The summed E-state index contributed by atoms with van der Waals surface area (Å²) in [5.41, 5.74) is 18.1. The van der Waals surface area contributed by atoms with E-state index in [1.807, 2.05) is 48.5 Å². The molecule has 9 aromatic carbocycles. The summed E-state index contributed by atoms with van der Waals surface area (Å²) in [7, 11) is 0. The maximum atomic E-state index is 6.59. The van der Waals surface area contributed by atoms with Crippen LogP contribution in [0.15, 0.2) is 209 Å². The fourth-order valence-corrected chi connectivity index (χ4v) is 10.2. The first-order valence-electron chi connectivity index (χ1n) is 22.1. The molecular formula is C60H39N3O2. The molecule has 0 saturated carbocycles. The van der Waals surface area contributed by atoms with Gasteiger partial charge >= 0.3 is 0 Å². The number of para-hydroxylation sites is 1. The van der Waals surface area contributed by atoms with E-state index in [0.29, 0.717) is 17.5 Å². The SMILES string of the molecule is CC1(C)c2ccccc2-c2cccc(-c3cccc(-c4ccc5oc6cccc(-c7nc(-c8ccc(-c9ccccc9)cc8)nc(-c8ccc9oc%10ccccc%10c9c8)n7)c6c5c4)c3)c21. The van der Waals surface area contributed by atoms with Crippen molar-refractivity contribution in [2.24, 2.45) is 0 Å². The van der Waals surface area contributed by atoms with E-state index in [1.54, 1.807) is 0 Å². The van der Waals surface area contributed by atoms with Crippen LogP contribution in [0.4, 0.5) is 0 Å². The lowest BCUT2D eigenvalue weighted by atomic mass is 9.78. The highest BCUT2D eigenvalue weighted by Gasteiger charge is 2.37. The van der Waals surface area contributed by atoms with Gasteiger partial charge < -0.3 is 8.83 Å². The molecule has 0 radical (unpaired) electrons. The van der Waals surface area contributed by atoms with Crippen molar-refractivity contribution < 1.29 is 8.83 Å². The molecule has 1 aliphatic carbocycles. The Labute approximate surface area is 375 Å². The predicted octanol–water partition coefficient (Wildman–Crippen LogP) is 16.0. The number of nitrogens with zero attached hydrogens (tertiary/aromatic N) is 3. The quantitative estimate of drug-likeness (QED) is 0.167. The van der Waals surface area contributed by atoms with Crippen molar-refractivity contribution >= 4 is 43.9 Å². The summed E-state index contributed by atoms with van der Waals surface area (Å²) in [6.45, 7) is 4.70. The van der Waals surface area contributed by atoms with E-state index in [0.717, 1.165) is 82.8 Å².